The molecular formula is C18H14F3N3O3. The van der Waals surface area contributed by atoms with E-state index >= 15 is 0 Å². The summed E-state index contributed by atoms with van der Waals surface area (Å²) in [5.41, 5.74) is -1.54. The number of aromatic nitrogens is 2. The Kier molecular flexibility index (Phi) is 4.85. The van der Waals surface area contributed by atoms with Crippen LogP contribution in [0.25, 0.3) is 17.0 Å². The minimum absolute atomic E-state index is 0.198. The molecule has 0 saturated carbocycles. The molecule has 0 radical (unpaired) electrons. The second-order valence-electron chi connectivity index (χ2n) is 5.64. The second kappa shape index (κ2) is 7.10. The Balaban J connectivity index is 1.83. The summed E-state index contributed by atoms with van der Waals surface area (Å²) in [5, 5.41) is 6.31. The normalized spacial score (nSPS) is 12.0. The Bertz CT molecular complexity index is 1080. The van der Waals surface area contributed by atoms with E-state index in [0.29, 0.717) is 12.6 Å². The number of aryl methyl sites for hydroxylation is 1. The van der Waals surface area contributed by atoms with Crippen molar-refractivity contribution in [3.8, 4) is 0 Å². The molecule has 1 aromatic carbocycles. The van der Waals surface area contributed by atoms with Gasteiger partial charge in [0.1, 0.15) is 5.58 Å². The Morgan fingerprint density at radius 1 is 1.33 bits per heavy atom. The number of rotatable bonds is 4. The maximum atomic E-state index is 13.0. The quantitative estimate of drug-likeness (QED) is 0.556. The number of alkyl halides is 3. The van der Waals surface area contributed by atoms with E-state index in [2.05, 4.69) is 10.4 Å². The minimum atomic E-state index is -4.69. The molecule has 2 aromatic heterocycles. The lowest BCUT2D eigenvalue weighted by molar-refractivity contribution is -0.136. The third-order valence-corrected chi connectivity index (χ3v) is 3.72. The van der Waals surface area contributed by atoms with Crippen LogP contribution >= 0.6 is 0 Å². The molecule has 0 aliphatic rings. The number of fused-ring (bicyclic) bond motifs is 1. The molecule has 1 N–H and O–H groups in total. The van der Waals surface area contributed by atoms with Crippen LogP contribution in [0.2, 0.25) is 0 Å². The topological polar surface area (TPSA) is 77.1 Å². The van der Waals surface area contributed by atoms with Crippen LogP contribution in [-0.2, 0) is 17.5 Å². The van der Waals surface area contributed by atoms with Gasteiger partial charge in [0.15, 0.2) is 0 Å². The Morgan fingerprint density at radius 2 is 2.11 bits per heavy atom. The molecule has 0 bridgehead atoms. The lowest BCUT2D eigenvalue weighted by Gasteiger charge is -2.10. The van der Waals surface area contributed by atoms with Crippen molar-refractivity contribution < 1.29 is 22.4 Å². The SMILES string of the molecule is CCn1cc(C=CC(=O)Nc2ccc3c(C(F)(F)F)cc(=O)oc3c2)cn1. The van der Waals surface area contributed by atoms with E-state index in [0.717, 1.165) is 11.6 Å². The smallest absolute Gasteiger partial charge is 0.417 e. The maximum absolute atomic E-state index is 13.0. The highest BCUT2D eigenvalue weighted by molar-refractivity contribution is 6.02. The summed E-state index contributed by atoms with van der Waals surface area (Å²) in [6.07, 6.45) is 1.48. The summed E-state index contributed by atoms with van der Waals surface area (Å²) in [6.45, 7) is 2.62. The average Bonchev–Trinajstić information content (AvgIpc) is 3.06. The number of hydrogen-bond donors (Lipinski definition) is 1. The predicted octanol–water partition coefficient (Wildman–Crippen LogP) is 3.68. The van der Waals surface area contributed by atoms with Gasteiger partial charge in [0.2, 0.25) is 5.91 Å². The molecule has 0 saturated heterocycles. The van der Waals surface area contributed by atoms with Crippen molar-refractivity contribution in [2.24, 2.45) is 0 Å². The van der Waals surface area contributed by atoms with Crippen LogP contribution in [0.4, 0.5) is 18.9 Å². The highest BCUT2D eigenvalue weighted by Gasteiger charge is 2.33. The number of hydrogen-bond acceptors (Lipinski definition) is 4. The molecule has 0 spiro atoms. The maximum Gasteiger partial charge on any atom is 0.417 e. The number of carbonyl (C=O) groups is 1. The van der Waals surface area contributed by atoms with Crippen LogP contribution in [0.3, 0.4) is 0 Å². The predicted molar refractivity (Wildman–Crippen MR) is 93.1 cm³/mol. The number of halogens is 3. The summed E-state index contributed by atoms with van der Waals surface area (Å²) in [6, 6.07) is 4.02. The lowest BCUT2D eigenvalue weighted by Crippen LogP contribution is -2.11. The van der Waals surface area contributed by atoms with Gasteiger partial charge in [-0.3, -0.25) is 9.48 Å². The molecule has 6 nitrogen and oxygen atoms in total. The zero-order valence-electron chi connectivity index (χ0n) is 14.1. The molecule has 3 rings (SSSR count). The number of nitrogens with one attached hydrogen (secondary N) is 1. The minimum Gasteiger partial charge on any atom is -0.423 e. The van der Waals surface area contributed by atoms with Crippen molar-refractivity contribution in [3.05, 3.63) is 64.3 Å². The molecule has 3 aromatic rings. The van der Waals surface area contributed by atoms with E-state index in [-0.39, 0.29) is 16.7 Å². The highest BCUT2D eigenvalue weighted by Crippen LogP contribution is 2.34. The fraction of sp³-hybridized carbons (Fsp3) is 0.167. The van der Waals surface area contributed by atoms with Crippen LogP contribution in [0, 0.1) is 0 Å². The number of carbonyl (C=O) groups excluding carboxylic acids is 1. The summed E-state index contributed by atoms with van der Waals surface area (Å²) < 4.78 is 45.6. The van der Waals surface area contributed by atoms with Crippen LogP contribution in [0.1, 0.15) is 18.1 Å². The molecule has 1 amide bonds. The molecule has 0 aliphatic heterocycles. The third kappa shape index (κ3) is 4.25. The monoisotopic (exact) mass is 377 g/mol. The summed E-state index contributed by atoms with van der Waals surface area (Å²) in [5.74, 6) is -0.493. The van der Waals surface area contributed by atoms with Crippen molar-refractivity contribution >= 4 is 28.6 Å². The zero-order valence-corrected chi connectivity index (χ0v) is 14.1. The number of benzene rings is 1. The van der Waals surface area contributed by atoms with E-state index in [1.807, 2.05) is 6.92 Å². The second-order valence-corrected chi connectivity index (χ2v) is 5.64. The number of nitrogens with zero attached hydrogens (tertiary/aromatic N) is 2. The van der Waals surface area contributed by atoms with Crippen LogP contribution < -0.4 is 10.9 Å². The molecule has 0 unspecified atom stereocenters. The first-order valence-electron chi connectivity index (χ1n) is 7.93. The first kappa shape index (κ1) is 18.4. The summed E-state index contributed by atoms with van der Waals surface area (Å²) in [4.78, 5) is 23.4. The third-order valence-electron chi connectivity index (χ3n) is 3.72. The highest BCUT2D eigenvalue weighted by atomic mass is 19.4. The van der Waals surface area contributed by atoms with E-state index < -0.39 is 23.3 Å². The van der Waals surface area contributed by atoms with Gasteiger partial charge in [0.25, 0.3) is 0 Å². The van der Waals surface area contributed by atoms with Gasteiger partial charge in [-0.1, -0.05) is 0 Å². The first-order chi connectivity index (χ1) is 12.8. The van der Waals surface area contributed by atoms with Crippen LogP contribution in [0.15, 0.2) is 51.9 Å². The summed E-state index contributed by atoms with van der Waals surface area (Å²) >= 11 is 0. The van der Waals surface area contributed by atoms with Crippen molar-refractivity contribution in [2.45, 2.75) is 19.6 Å². The van der Waals surface area contributed by atoms with Crippen molar-refractivity contribution in [1.29, 1.82) is 0 Å². The van der Waals surface area contributed by atoms with E-state index in [1.54, 1.807) is 23.2 Å². The van der Waals surface area contributed by atoms with Gasteiger partial charge < -0.3 is 9.73 Å². The van der Waals surface area contributed by atoms with Gasteiger partial charge in [-0.25, -0.2) is 4.79 Å². The van der Waals surface area contributed by atoms with Gasteiger partial charge in [0, 0.05) is 47.6 Å². The average molecular weight is 377 g/mol. The Hall–Kier alpha value is -3.36. The van der Waals surface area contributed by atoms with Crippen LogP contribution in [-0.4, -0.2) is 15.7 Å². The van der Waals surface area contributed by atoms with E-state index in [9.17, 15) is 22.8 Å². The molecule has 0 fully saturated rings. The molecular weight excluding hydrogens is 363 g/mol. The standard InChI is InChI=1S/C18H14F3N3O3/c1-2-24-10-11(9-22-24)3-6-16(25)23-12-4-5-13-14(18(19,20)21)8-17(26)27-15(13)7-12/h3-10H,2H2,1H3,(H,23,25). The van der Waals surface area contributed by atoms with Gasteiger partial charge in [-0.05, 0) is 25.1 Å². The lowest BCUT2D eigenvalue weighted by atomic mass is 10.1. The van der Waals surface area contributed by atoms with Gasteiger partial charge in [-0.15, -0.1) is 0 Å². The molecule has 27 heavy (non-hydrogen) atoms. The van der Waals surface area contributed by atoms with Gasteiger partial charge >= 0.3 is 11.8 Å². The van der Waals surface area contributed by atoms with Crippen LogP contribution in [0.5, 0.6) is 0 Å². The molecule has 0 atom stereocenters. The molecule has 0 aliphatic carbocycles. The largest absolute Gasteiger partial charge is 0.423 e. The molecule has 9 heteroatoms. The zero-order chi connectivity index (χ0) is 19.6. The van der Waals surface area contributed by atoms with Gasteiger partial charge in [0.05, 0.1) is 11.8 Å². The Labute approximate surface area is 150 Å². The van der Waals surface area contributed by atoms with Crippen molar-refractivity contribution in [3.63, 3.8) is 0 Å². The van der Waals surface area contributed by atoms with E-state index in [1.165, 1.54) is 18.2 Å². The van der Waals surface area contributed by atoms with Crippen molar-refractivity contribution in [2.75, 3.05) is 5.32 Å². The summed E-state index contributed by atoms with van der Waals surface area (Å²) in [7, 11) is 0. The number of anilines is 1. The number of amides is 1. The fourth-order valence-electron chi connectivity index (χ4n) is 2.47. The molecule has 140 valence electrons. The van der Waals surface area contributed by atoms with Gasteiger partial charge in [-0.2, -0.15) is 18.3 Å². The van der Waals surface area contributed by atoms with Crippen molar-refractivity contribution in [1.82, 2.24) is 9.78 Å². The molecule has 2 heterocycles. The Morgan fingerprint density at radius 3 is 2.78 bits per heavy atom. The fourth-order valence-corrected chi connectivity index (χ4v) is 2.47. The van der Waals surface area contributed by atoms with E-state index in [4.69, 9.17) is 4.42 Å². The first-order valence-corrected chi connectivity index (χ1v) is 7.93.